The molecule has 0 spiro atoms. The van der Waals surface area contributed by atoms with E-state index in [9.17, 15) is 43.2 Å². The molecule has 6 atom stereocenters. The maximum atomic E-state index is 13.0. The minimum absolute atomic E-state index is 0.106. The summed E-state index contributed by atoms with van der Waals surface area (Å²) in [5.41, 5.74) is 0. The monoisotopic (exact) mass is 1280 g/mol. The van der Waals surface area contributed by atoms with Gasteiger partial charge in [0.15, 0.2) is 12.2 Å². The average Bonchev–Trinajstić information content (AvgIpc) is 3.61. The number of ether oxygens (including phenoxy) is 4. The Balaban J connectivity index is 5.15. The number of hydrogen-bond acceptors (Lipinski definition) is 15. The van der Waals surface area contributed by atoms with Gasteiger partial charge in [-0.25, -0.2) is 9.13 Å². The third-order valence-electron chi connectivity index (χ3n) is 16.1. The van der Waals surface area contributed by atoms with E-state index in [1.165, 1.54) is 154 Å². The van der Waals surface area contributed by atoms with Crippen molar-refractivity contribution in [3.05, 3.63) is 0 Å². The molecular weight excluding hydrogens is 1150 g/mol. The average molecular weight is 1280 g/mol. The molecule has 19 heteroatoms. The molecule has 17 nitrogen and oxygen atoms in total. The highest BCUT2D eigenvalue weighted by atomic mass is 31.2. The van der Waals surface area contributed by atoms with Crippen LogP contribution in [0.2, 0.25) is 0 Å². The lowest BCUT2D eigenvalue weighted by Crippen LogP contribution is -2.30. The number of hydrogen-bond donors (Lipinski definition) is 3. The second-order valence-electron chi connectivity index (χ2n) is 25.3. The SMILES string of the molecule is CCCCCCCCCCCCCCC(=O)O[C@H](COC(=O)CCCCCCC)COP(=O)(O)OC[C@H](O)COP(=O)(O)OC[C@@H](COC(=O)CCCCCCCCCCC(C)CC)OC(=O)CCCCCCCCCCCCCCCCCC(C)C. The molecule has 0 aliphatic heterocycles. The van der Waals surface area contributed by atoms with Crippen molar-refractivity contribution < 1.29 is 80.2 Å². The zero-order valence-corrected chi connectivity index (χ0v) is 58.1. The highest BCUT2D eigenvalue weighted by Gasteiger charge is 2.30. The highest BCUT2D eigenvalue weighted by Crippen LogP contribution is 2.45. The maximum Gasteiger partial charge on any atom is 0.472 e. The van der Waals surface area contributed by atoms with Crippen LogP contribution in [0.15, 0.2) is 0 Å². The second kappa shape index (κ2) is 60.3. The molecule has 0 aromatic rings. The Kier molecular flexibility index (Phi) is 59.0. The minimum atomic E-state index is -4.95. The molecule has 0 aliphatic carbocycles. The number of aliphatic hydroxyl groups is 1. The van der Waals surface area contributed by atoms with Crippen molar-refractivity contribution in [2.75, 3.05) is 39.6 Å². The van der Waals surface area contributed by atoms with Gasteiger partial charge in [0.25, 0.3) is 0 Å². The van der Waals surface area contributed by atoms with Crippen LogP contribution in [0.3, 0.4) is 0 Å². The fourth-order valence-corrected chi connectivity index (χ4v) is 11.8. The molecule has 3 unspecified atom stereocenters. The van der Waals surface area contributed by atoms with Crippen LogP contribution in [0.5, 0.6) is 0 Å². The largest absolute Gasteiger partial charge is 0.472 e. The lowest BCUT2D eigenvalue weighted by molar-refractivity contribution is -0.161. The van der Waals surface area contributed by atoms with Crippen molar-refractivity contribution >= 4 is 39.5 Å². The van der Waals surface area contributed by atoms with E-state index in [0.717, 1.165) is 108 Å². The van der Waals surface area contributed by atoms with Crippen molar-refractivity contribution in [3.8, 4) is 0 Å². The van der Waals surface area contributed by atoms with Crippen LogP contribution >= 0.6 is 15.6 Å². The van der Waals surface area contributed by atoms with Crippen molar-refractivity contribution in [3.63, 3.8) is 0 Å². The van der Waals surface area contributed by atoms with Crippen LogP contribution in [0.1, 0.15) is 343 Å². The Bertz CT molecular complexity index is 1700. The number of rotatable bonds is 67. The van der Waals surface area contributed by atoms with Crippen molar-refractivity contribution in [1.82, 2.24) is 0 Å². The molecule has 0 rings (SSSR count). The molecule has 0 amide bonds. The molecule has 0 bridgehead atoms. The van der Waals surface area contributed by atoms with Crippen LogP contribution in [0.4, 0.5) is 0 Å². The van der Waals surface area contributed by atoms with Crippen LogP contribution in [-0.2, 0) is 65.4 Å². The number of carbonyl (C=O) groups excluding carboxylic acids is 4. The first kappa shape index (κ1) is 85.1. The number of phosphoric ester groups is 2. The molecule has 0 radical (unpaired) electrons. The van der Waals surface area contributed by atoms with E-state index in [-0.39, 0.29) is 25.7 Å². The molecule has 0 saturated carbocycles. The molecule has 0 saturated heterocycles. The first-order valence-electron chi connectivity index (χ1n) is 35.5. The Morgan fingerprint density at radius 1 is 0.333 bits per heavy atom. The quantitative estimate of drug-likeness (QED) is 0.0222. The Labute approximate surface area is 530 Å². The summed E-state index contributed by atoms with van der Waals surface area (Å²) in [6.07, 6.45) is 44.7. The smallest absolute Gasteiger partial charge is 0.462 e. The third-order valence-corrected chi connectivity index (χ3v) is 18.0. The Hall–Kier alpha value is -1.94. The molecule has 87 heavy (non-hydrogen) atoms. The summed E-state index contributed by atoms with van der Waals surface area (Å²) in [6, 6.07) is 0. The van der Waals surface area contributed by atoms with Gasteiger partial charge in [-0.1, -0.05) is 292 Å². The number of esters is 4. The summed E-state index contributed by atoms with van der Waals surface area (Å²) in [7, 11) is -9.89. The van der Waals surface area contributed by atoms with Gasteiger partial charge < -0.3 is 33.8 Å². The summed E-state index contributed by atoms with van der Waals surface area (Å²) in [6.45, 7) is 9.47. The van der Waals surface area contributed by atoms with Gasteiger partial charge in [0.05, 0.1) is 26.4 Å². The summed E-state index contributed by atoms with van der Waals surface area (Å²) in [5, 5.41) is 10.5. The number of unbranched alkanes of at least 4 members (excludes halogenated alkanes) is 36. The lowest BCUT2D eigenvalue weighted by Gasteiger charge is -2.21. The topological polar surface area (TPSA) is 237 Å². The molecule has 3 N–H and O–H groups in total. The third kappa shape index (κ3) is 61.3. The molecule has 516 valence electrons. The highest BCUT2D eigenvalue weighted by molar-refractivity contribution is 7.47. The molecule has 0 fully saturated rings. The fraction of sp³-hybridized carbons (Fsp3) is 0.941. The second-order valence-corrected chi connectivity index (χ2v) is 28.2. The van der Waals surface area contributed by atoms with Crippen LogP contribution < -0.4 is 0 Å². The van der Waals surface area contributed by atoms with Crippen LogP contribution in [0.25, 0.3) is 0 Å². The van der Waals surface area contributed by atoms with E-state index in [4.69, 9.17) is 37.0 Å². The summed E-state index contributed by atoms with van der Waals surface area (Å²) < 4.78 is 68.0. The van der Waals surface area contributed by atoms with E-state index >= 15 is 0 Å². The van der Waals surface area contributed by atoms with Gasteiger partial charge in [-0.15, -0.1) is 0 Å². The van der Waals surface area contributed by atoms with Gasteiger partial charge in [0.1, 0.15) is 19.3 Å². The first-order valence-corrected chi connectivity index (χ1v) is 38.5. The standard InChI is InChI=1S/C68H132O17P2/c1-7-10-12-14-15-16-17-24-27-34-40-46-52-67(72)84-63(56-78-65(70)50-44-36-13-11-8-2)58-82-86(74,75)80-54-62(69)55-81-87(76,77)83-59-64(57-79-66(71)51-45-39-33-30-29-32-38-43-49-61(6)9-3)85-68(73)53-47-41-35-28-25-22-20-18-19-21-23-26-31-37-42-48-60(4)5/h60-64,69H,7-59H2,1-6H3,(H,74,75)(H,76,77)/t61?,62-,63+,64+/m0/s1. The van der Waals surface area contributed by atoms with Gasteiger partial charge in [0, 0.05) is 25.7 Å². The van der Waals surface area contributed by atoms with E-state index < -0.39 is 97.5 Å². The zero-order valence-electron chi connectivity index (χ0n) is 56.3. The number of carbonyl (C=O) groups is 4. The van der Waals surface area contributed by atoms with Gasteiger partial charge in [-0.2, -0.15) is 0 Å². The summed E-state index contributed by atoms with van der Waals surface area (Å²) in [5.74, 6) is -0.557. The fourth-order valence-electron chi connectivity index (χ4n) is 10.2. The van der Waals surface area contributed by atoms with Gasteiger partial charge >= 0.3 is 39.5 Å². The molecule has 0 heterocycles. The predicted molar refractivity (Wildman–Crippen MR) is 349 cm³/mol. The molecular formula is C68H132O17P2. The zero-order chi connectivity index (χ0) is 64.3. The Morgan fingerprint density at radius 3 is 0.874 bits per heavy atom. The Morgan fingerprint density at radius 2 is 0.586 bits per heavy atom. The van der Waals surface area contributed by atoms with E-state index in [1.807, 2.05) is 0 Å². The van der Waals surface area contributed by atoms with Crippen LogP contribution in [-0.4, -0.2) is 96.7 Å². The number of aliphatic hydroxyl groups excluding tert-OH is 1. The van der Waals surface area contributed by atoms with Crippen molar-refractivity contribution in [1.29, 1.82) is 0 Å². The number of phosphoric acid groups is 2. The molecule has 0 aromatic heterocycles. The normalized spacial score (nSPS) is 14.5. The lowest BCUT2D eigenvalue weighted by atomic mass is 9.99. The predicted octanol–water partition coefficient (Wildman–Crippen LogP) is 19.2. The van der Waals surface area contributed by atoms with E-state index in [0.29, 0.717) is 25.7 Å². The van der Waals surface area contributed by atoms with Gasteiger partial charge in [0.2, 0.25) is 0 Å². The van der Waals surface area contributed by atoms with Crippen molar-refractivity contribution in [2.24, 2.45) is 11.8 Å². The first-order chi connectivity index (χ1) is 41.9. The molecule has 0 aliphatic rings. The summed E-state index contributed by atoms with van der Waals surface area (Å²) in [4.78, 5) is 72.2. The van der Waals surface area contributed by atoms with Crippen LogP contribution in [0, 0.1) is 11.8 Å². The van der Waals surface area contributed by atoms with E-state index in [2.05, 4.69) is 41.5 Å². The molecule has 0 aromatic carbocycles. The maximum absolute atomic E-state index is 13.0. The van der Waals surface area contributed by atoms with Gasteiger partial charge in [-0.3, -0.25) is 37.3 Å². The minimum Gasteiger partial charge on any atom is -0.462 e. The van der Waals surface area contributed by atoms with E-state index in [1.54, 1.807) is 0 Å². The van der Waals surface area contributed by atoms with Gasteiger partial charge in [-0.05, 0) is 37.5 Å². The summed E-state index contributed by atoms with van der Waals surface area (Å²) >= 11 is 0. The van der Waals surface area contributed by atoms with Crippen molar-refractivity contribution in [2.45, 2.75) is 362 Å².